The second-order valence-corrected chi connectivity index (χ2v) is 6.23. The maximum absolute atomic E-state index is 13.6. The number of halogens is 2. The van der Waals surface area contributed by atoms with Gasteiger partial charge in [-0.2, -0.15) is 0 Å². The van der Waals surface area contributed by atoms with Crippen LogP contribution in [0.15, 0.2) is 59.7 Å². The van der Waals surface area contributed by atoms with Crippen LogP contribution in [0.1, 0.15) is 17.5 Å². The summed E-state index contributed by atoms with van der Waals surface area (Å²) in [4.78, 5) is 7.53. The highest BCUT2D eigenvalue weighted by Crippen LogP contribution is 2.18. The van der Waals surface area contributed by atoms with Crippen molar-refractivity contribution in [2.75, 3.05) is 20.1 Å². The molecule has 3 N–H and O–H groups in total. The molecular formula is C21H26FIN4. The molecule has 2 aromatic carbocycles. The molecule has 0 saturated carbocycles. The third-order valence-corrected chi connectivity index (χ3v) is 4.46. The third-order valence-electron chi connectivity index (χ3n) is 4.46. The van der Waals surface area contributed by atoms with Crippen LogP contribution in [0.5, 0.6) is 0 Å². The van der Waals surface area contributed by atoms with Crippen LogP contribution in [0.4, 0.5) is 4.39 Å². The van der Waals surface area contributed by atoms with Crippen molar-refractivity contribution in [3.05, 3.63) is 71.7 Å². The van der Waals surface area contributed by atoms with Gasteiger partial charge in [0.15, 0.2) is 5.96 Å². The lowest BCUT2D eigenvalue weighted by atomic mass is 10.1. The molecule has 4 nitrogen and oxygen atoms in total. The van der Waals surface area contributed by atoms with Crippen LogP contribution >= 0.6 is 24.0 Å². The summed E-state index contributed by atoms with van der Waals surface area (Å²) < 4.78 is 13.6. The summed E-state index contributed by atoms with van der Waals surface area (Å²) in [6.07, 6.45) is 4.73. The summed E-state index contributed by atoms with van der Waals surface area (Å²) in [6, 6.07) is 15.2. The van der Waals surface area contributed by atoms with Gasteiger partial charge >= 0.3 is 0 Å². The highest BCUT2D eigenvalue weighted by Gasteiger charge is 2.04. The highest BCUT2D eigenvalue weighted by molar-refractivity contribution is 14.0. The molecule has 0 aliphatic rings. The molecule has 0 saturated heterocycles. The number of para-hydroxylation sites is 1. The molecule has 1 heterocycles. The van der Waals surface area contributed by atoms with Gasteiger partial charge in [0.2, 0.25) is 0 Å². The summed E-state index contributed by atoms with van der Waals surface area (Å²) in [5.74, 6) is 0.594. The number of guanidine groups is 1. The molecule has 0 unspecified atom stereocenters. The Morgan fingerprint density at radius 1 is 0.963 bits per heavy atom. The minimum atomic E-state index is -0.157. The van der Waals surface area contributed by atoms with Crippen LogP contribution in [0, 0.1) is 5.82 Å². The molecule has 0 spiro atoms. The molecule has 1 aromatic heterocycles. The number of nitrogens with zero attached hydrogens (tertiary/aromatic N) is 1. The van der Waals surface area contributed by atoms with Crippen LogP contribution in [0.2, 0.25) is 0 Å². The number of aromatic nitrogens is 1. The predicted octanol–water partition coefficient (Wildman–Crippen LogP) is 4.27. The van der Waals surface area contributed by atoms with Crippen molar-refractivity contribution >= 4 is 40.8 Å². The van der Waals surface area contributed by atoms with Gasteiger partial charge < -0.3 is 15.6 Å². The van der Waals surface area contributed by atoms with E-state index < -0.39 is 0 Å². The topological polar surface area (TPSA) is 52.2 Å². The molecule has 0 fully saturated rings. The molecule has 0 aliphatic heterocycles. The van der Waals surface area contributed by atoms with Crippen LogP contribution < -0.4 is 10.6 Å². The molecule has 0 radical (unpaired) electrons. The van der Waals surface area contributed by atoms with Crippen molar-refractivity contribution in [3.63, 3.8) is 0 Å². The number of hydrogen-bond donors (Lipinski definition) is 3. The third kappa shape index (κ3) is 5.95. The zero-order valence-electron chi connectivity index (χ0n) is 15.5. The molecule has 27 heavy (non-hydrogen) atoms. The standard InChI is InChI=1S/C21H25FN4.HI/c1-23-21(25-14-12-16-7-2-4-10-19(16)22)24-13-6-8-17-15-26-20-11-5-3-9-18(17)20;/h2-5,7,9-11,15,26H,6,8,12-14H2,1H3,(H2,23,24,25);1H. The van der Waals surface area contributed by atoms with Gasteiger partial charge in [-0.25, -0.2) is 4.39 Å². The highest BCUT2D eigenvalue weighted by atomic mass is 127. The Hall–Kier alpha value is -2.09. The summed E-state index contributed by atoms with van der Waals surface area (Å²) in [5, 5.41) is 7.84. The van der Waals surface area contributed by atoms with E-state index in [1.54, 1.807) is 13.1 Å². The lowest BCUT2D eigenvalue weighted by Gasteiger charge is -2.12. The van der Waals surface area contributed by atoms with Crippen molar-refractivity contribution in [1.29, 1.82) is 0 Å². The van der Waals surface area contributed by atoms with E-state index in [1.165, 1.54) is 22.5 Å². The van der Waals surface area contributed by atoms with Gasteiger partial charge in [-0.1, -0.05) is 36.4 Å². The Bertz CT molecular complexity index is 875. The van der Waals surface area contributed by atoms with Gasteiger partial charge in [-0.05, 0) is 42.5 Å². The van der Waals surface area contributed by atoms with Gasteiger partial charge in [-0.3, -0.25) is 4.99 Å². The molecule has 0 bridgehead atoms. The largest absolute Gasteiger partial charge is 0.361 e. The summed E-state index contributed by atoms with van der Waals surface area (Å²) >= 11 is 0. The van der Waals surface area contributed by atoms with Crippen molar-refractivity contribution in [1.82, 2.24) is 15.6 Å². The maximum Gasteiger partial charge on any atom is 0.190 e. The molecule has 0 amide bonds. The zero-order valence-corrected chi connectivity index (χ0v) is 17.8. The van der Waals surface area contributed by atoms with Crippen LogP contribution in [0.25, 0.3) is 10.9 Å². The molecule has 3 aromatic rings. The Labute approximate surface area is 176 Å². The first-order chi connectivity index (χ1) is 12.8. The maximum atomic E-state index is 13.6. The Balaban J connectivity index is 0.00000261. The number of aryl methyl sites for hydroxylation is 1. The summed E-state index contributed by atoms with van der Waals surface area (Å²) in [6.45, 7) is 1.47. The number of H-pyrrole nitrogens is 1. The lowest BCUT2D eigenvalue weighted by molar-refractivity contribution is 0.606. The molecule has 144 valence electrons. The first kappa shape index (κ1) is 21.2. The van der Waals surface area contributed by atoms with E-state index in [0.717, 1.165) is 30.9 Å². The Morgan fingerprint density at radius 3 is 2.52 bits per heavy atom. The average molecular weight is 480 g/mol. The Kier molecular flexibility index (Phi) is 8.57. The van der Waals surface area contributed by atoms with E-state index in [2.05, 4.69) is 45.0 Å². The van der Waals surface area contributed by atoms with Gasteiger partial charge in [0, 0.05) is 37.2 Å². The number of nitrogens with one attached hydrogen (secondary N) is 3. The number of aromatic amines is 1. The van der Waals surface area contributed by atoms with E-state index >= 15 is 0 Å². The minimum absolute atomic E-state index is 0. The van der Waals surface area contributed by atoms with Crippen molar-refractivity contribution < 1.29 is 4.39 Å². The van der Waals surface area contributed by atoms with Gasteiger partial charge in [0.25, 0.3) is 0 Å². The summed E-state index contributed by atoms with van der Waals surface area (Å²) in [5.41, 5.74) is 3.24. The molecule has 0 atom stereocenters. The van der Waals surface area contributed by atoms with Gasteiger partial charge in [0.1, 0.15) is 5.82 Å². The molecular weight excluding hydrogens is 454 g/mol. The van der Waals surface area contributed by atoms with E-state index in [1.807, 2.05) is 18.2 Å². The monoisotopic (exact) mass is 480 g/mol. The summed E-state index contributed by atoms with van der Waals surface area (Å²) in [7, 11) is 1.75. The Morgan fingerprint density at radius 2 is 1.70 bits per heavy atom. The fraction of sp³-hybridized carbons (Fsp3) is 0.286. The second-order valence-electron chi connectivity index (χ2n) is 6.23. The first-order valence-corrected chi connectivity index (χ1v) is 9.01. The quantitative estimate of drug-likeness (QED) is 0.205. The van der Waals surface area contributed by atoms with Crippen molar-refractivity contribution in [2.45, 2.75) is 19.3 Å². The van der Waals surface area contributed by atoms with E-state index in [0.29, 0.717) is 13.0 Å². The number of benzene rings is 2. The number of fused-ring (bicyclic) bond motifs is 1. The minimum Gasteiger partial charge on any atom is -0.361 e. The van der Waals surface area contributed by atoms with E-state index in [4.69, 9.17) is 0 Å². The number of rotatable bonds is 7. The average Bonchev–Trinajstić information content (AvgIpc) is 3.08. The van der Waals surface area contributed by atoms with Gasteiger partial charge in [-0.15, -0.1) is 24.0 Å². The van der Waals surface area contributed by atoms with E-state index in [-0.39, 0.29) is 29.8 Å². The number of aliphatic imine (C=N–C) groups is 1. The molecule has 0 aliphatic carbocycles. The van der Waals surface area contributed by atoms with Crippen molar-refractivity contribution in [2.24, 2.45) is 4.99 Å². The van der Waals surface area contributed by atoms with E-state index in [9.17, 15) is 4.39 Å². The SMILES string of the molecule is CN=C(NCCCc1c[nH]c2ccccc12)NCCc1ccccc1F.I. The lowest BCUT2D eigenvalue weighted by Crippen LogP contribution is -2.38. The smallest absolute Gasteiger partial charge is 0.190 e. The van der Waals surface area contributed by atoms with Crippen LogP contribution in [0.3, 0.4) is 0 Å². The molecule has 6 heteroatoms. The second kappa shape index (κ2) is 10.9. The van der Waals surface area contributed by atoms with Crippen LogP contribution in [-0.2, 0) is 12.8 Å². The van der Waals surface area contributed by atoms with Crippen LogP contribution in [-0.4, -0.2) is 31.1 Å². The number of hydrogen-bond acceptors (Lipinski definition) is 1. The normalized spacial score (nSPS) is 11.3. The fourth-order valence-electron chi connectivity index (χ4n) is 3.06. The zero-order chi connectivity index (χ0) is 18.2. The predicted molar refractivity (Wildman–Crippen MR) is 122 cm³/mol. The molecule has 3 rings (SSSR count). The fourth-order valence-corrected chi connectivity index (χ4v) is 3.06. The van der Waals surface area contributed by atoms with Gasteiger partial charge in [0.05, 0.1) is 0 Å². The van der Waals surface area contributed by atoms with Crippen molar-refractivity contribution in [3.8, 4) is 0 Å². The first-order valence-electron chi connectivity index (χ1n) is 9.01.